The van der Waals surface area contributed by atoms with Crippen LogP contribution in [0.5, 0.6) is 5.75 Å². The quantitative estimate of drug-likeness (QED) is 0.768. The monoisotopic (exact) mass is 335 g/mol. The van der Waals surface area contributed by atoms with E-state index in [4.69, 9.17) is 4.74 Å². The minimum absolute atomic E-state index is 0.000829. The van der Waals surface area contributed by atoms with Crippen LogP contribution in [0.2, 0.25) is 0 Å². The molecule has 1 saturated carbocycles. The number of hydrogen-bond donors (Lipinski definition) is 3. The van der Waals surface area contributed by atoms with Gasteiger partial charge >= 0.3 is 5.97 Å². The van der Waals surface area contributed by atoms with Crippen molar-refractivity contribution in [3.63, 3.8) is 0 Å². The van der Waals surface area contributed by atoms with Crippen LogP contribution in [-0.4, -0.2) is 40.8 Å². The lowest BCUT2D eigenvalue weighted by Crippen LogP contribution is -2.43. The van der Waals surface area contributed by atoms with Gasteiger partial charge in [-0.2, -0.15) is 0 Å². The van der Waals surface area contributed by atoms with E-state index >= 15 is 0 Å². The molecule has 0 atom stereocenters. The molecule has 6 nitrogen and oxygen atoms in total. The van der Waals surface area contributed by atoms with Gasteiger partial charge in [-0.05, 0) is 56.7 Å². The normalized spacial score (nSPS) is 23.6. The molecule has 0 bridgehead atoms. The first-order valence-electron chi connectivity index (χ1n) is 8.25. The summed E-state index contributed by atoms with van der Waals surface area (Å²) in [7, 11) is 1.40. The Kier molecular flexibility index (Phi) is 5.49. The number of carboxylic acids is 1. The van der Waals surface area contributed by atoms with Crippen LogP contribution in [0.3, 0.4) is 0 Å². The van der Waals surface area contributed by atoms with Gasteiger partial charge in [0, 0.05) is 11.6 Å². The van der Waals surface area contributed by atoms with E-state index in [-0.39, 0.29) is 23.3 Å². The molecule has 1 aromatic carbocycles. The number of methoxy groups -OCH3 is 1. The fourth-order valence-corrected chi connectivity index (χ4v) is 3.18. The molecule has 1 aliphatic carbocycles. The van der Waals surface area contributed by atoms with Crippen LogP contribution in [0, 0.1) is 6.92 Å². The van der Waals surface area contributed by atoms with Crippen LogP contribution < -0.4 is 10.1 Å². The number of nitrogens with one attached hydrogen (secondary N) is 1. The molecular formula is C18H25NO5. The van der Waals surface area contributed by atoms with Gasteiger partial charge in [0.05, 0.1) is 12.7 Å². The molecule has 1 amide bonds. The lowest BCUT2D eigenvalue weighted by molar-refractivity contribution is -0.00653. The predicted octanol–water partition coefficient (Wildman–Crippen LogP) is 2.52. The SMILES string of the molecule is CCC1(O)CCC(NC(=O)c2cc(C(=O)O)c(OC)cc2C)CC1. The van der Waals surface area contributed by atoms with Gasteiger partial charge in [-0.15, -0.1) is 0 Å². The minimum Gasteiger partial charge on any atom is -0.496 e. The van der Waals surface area contributed by atoms with E-state index < -0.39 is 11.6 Å². The Hall–Kier alpha value is -2.08. The molecule has 0 radical (unpaired) electrons. The molecule has 3 N–H and O–H groups in total. The number of benzene rings is 1. The second kappa shape index (κ2) is 7.21. The Bertz CT molecular complexity index is 633. The van der Waals surface area contributed by atoms with Crippen LogP contribution in [0.15, 0.2) is 12.1 Å². The minimum atomic E-state index is -1.13. The summed E-state index contributed by atoms with van der Waals surface area (Å²) in [5, 5.41) is 22.5. The second-order valence-corrected chi connectivity index (χ2v) is 6.50. The van der Waals surface area contributed by atoms with Crippen LogP contribution in [0.1, 0.15) is 65.3 Å². The van der Waals surface area contributed by atoms with Gasteiger partial charge in [0.15, 0.2) is 0 Å². The van der Waals surface area contributed by atoms with Gasteiger partial charge in [0.2, 0.25) is 0 Å². The van der Waals surface area contributed by atoms with E-state index in [1.165, 1.54) is 13.2 Å². The Labute approximate surface area is 141 Å². The average Bonchev–Trinajstić information content (AvgIpc) is 2.56. The third kappa shape index (κ3) is 3.87. The van der Waals surface area contributed by atoms with E-state index in [0.717, 1.165) is 12.8 Å². The van der Waals surface area contributed by atoms with Crippen molar-refractivity contribution in [2.45, 2.75) is 57.6 Å². The van der Waals surface area contributed by atoms with Gasteiger partial charge < -0.3 is 20.3 Å². The number of carbonyl (C=O) groups is 2. The average molecular weight is 335 g/mol. The highest BCUT2D eigenvalue weighted by Gasteiger charge is 2.32. The third-order valence-electron chi connectivity index (χ3n) is 4.93. The molecule has 1 fully saturated rings. The number of amides is 1. The summed E-state index contributed by atoms with van der Waals surface area (Å²) >= 11 is 0. The molecule has 2 rings (SSSR count). The number of hydrogen-bond acceptors (Lipinski definition) is 4. The van der Waals surface area contributed by atoms with Crippen molar-refractivity contribution >= 4 is 11.9 Å². The highest BCUT2D eigenvalue weighted by molar-refractivity contribution is 6.00. The van der Waals surface area contributed by atoms with E-state index in [2.05, 4.69) is 5.32 Å². The van der Waals surface area contributed by atoms with Crippen LogP contribution in [-0.2, 0) is 0 Å². The number of aryl methyl sites for hydroxylation is 1. The number of aliphatic hydroxyl groups is 1. The van der Waals surface area contributed by atoms with Gasteiger partial charge in [0.25, 0.3) is 5.91 Å². The molecular weight excluding hydrogens is 310 g/mol. The molecule has 1 aromatic rings. The first-order valence-corrected chi connectivity index (χ1v) is 8.25. The number of rotatable bonds is 5. The Morgan fingerprint density at radius 3 is 2.42 bits per heavy atom. The topological polar surface area (TPSA) is 95.9 Å². The van der Waals surface area contributed by atoms with Crippen molar-refractivity contribution < 1.29 is 24.5 Å². The molecule has 0 unspecified atom stereocenters. The summed E-state index contributed by atoms with van der Waals surface area (Å²) in [6.07, 6.45) is 3.48. The van der Waals surface area contributed by atoms with Gasteiger partial charge in [-0.3, -0.25) is 4.79 Å². The van der Waals surface area contributed by atoms with Crippen molar-refractivity contribution in [2.24, 2.45) is 0 Å². The molecule has 0 saturated heterocycles. The molecule has 0 spiro atoms. The summed E-state index contributed by atoms with van der Waals surface area (Å²) in [5.74, 6) is -1.18. The van der Waals surface area contributed by atoms with Gasteiger partial charge in [-0.25, -0.2) is 4.79 Å². The van der Waals surface area contributed by atoms with Crippen LogP contribution >= 0.6 is 0 Å². The first-order chi connectivity index (χ1) is 11.3. The molecule has 24 heavy (non-hydrogen) atoms. The smallest absolute Gasteiger partial charge is 0.339 e. The summed E-state index contributed by atoms with van der Waals surface area (Å²) in [6, 6.07) is 2.92. The van der Waals surface area contributed by atoms with Crippen molar-refractivity contribution in [3.8, 4) is 5.75 Å². The standard InChI is InChI=1S/C18H25NO5/c1-4-18(23)7-5-12(6-8-18)19-16(20)13-10-14(17(21)22)15(24-3)9-11(13)2/h9-10,12,23H,4-8H2,1-3H3,(H,19,20)(H,21,22). The molecule has 0 heterocycles. The number of carboxylic acid groups (broad SMARTS) is 1. The van der Waals surface area contributed by atoms with E-state index in [1.807, 2.05) is 6.92 Å². The highest BCUT2D eigenvalue weighted by atomic mass is 16.5. The fourth-order valence-electron chi connectivity index (χ4n) is 3.18. The second-order valence-electron chi connectivity index (χ2n) is 6.50. The van der Waals surface area contributed by atoms with Crippen LogP contribution in [0.25, 0.3) is 0 Å². The Balaban J connectivity index is 2.13. The maximum absolute atomic E-state index is 12.5. The first kappa shape index (κ1) is 18.3. The zero-order valence-electron chi connectivity index (χ0n) is 14.4. The summed E-state index contributed by atoms with van der Waals surface area (Å²) < 4.78 is 5.07. The molecule has 132 valence electrons. The lowest BCUT2D eigenvalue weighted by Gasteiger charge is -2.35. The predicted molar refractivity (Wildman–Crippen MR) is 89.7 cm³/mol. The molecule has 1 aliphatic rings. The van der Waals surface area contributed by atoms with Gasteiger partial charge in [-0.1, -0.05) is 6.92 Å². The third-order valence-corrected chi connectivity index (χ3v) is 4.93. The van der Waals surface area contributed by atoms with Crippen molar-refractivity contribution in [3.05, 3.63) is 28.8 Å². The summed E-state index contributed by atoms with van der Waals surface area (Å²) in [4.78, 5) is 23.9. The van der Waals surface area contributed by atoms with Crippen LogP contribution in [0.4, 0.5) is 0 Å². The maximum Gasteiger partial charge on any atom is 0.339 e. The number of aromatic carboxylic acids is 1. The molecule has 6 heteroatoms. The highest BCUT2D eigenvalue weighted by Crippen LogP contribution is 2.31. The zero-order chi connectivity index (χ0) is 17.9. The lowest BCUT2D eigenvalue weighted by atomic mass is 9.80. The van der Waals surface area contributed by atoms with E-state index in [1.54, 1.807) is 13.0 Å². The zero-order valence-corrected chi connectivity index (χ0v) is 14.4. The Morgan fingerprint density at radius 2 is 1.92 bits per heavy atom. The van der Waals surface area contributed by atoms with Gasteiger partial charge in [0.1, 0.15) is 11.3 Å². The largest absolute Gasteiger partial charge is 0.496 e. The maximum atomic E-state index is 12.5. The fraction of sp³-hybridized carbons (Fsp3) is 0.556. The van der Waals surface area contributed by atoms with E-state index in [0.29, 0.717) is 30.4 Å². The van der Waals surface area contributed by atoms with Crippen molar-refractivity contribution in [1.82, 2.24) is 5.32 Å². The molecule has 0 aromatic heterocycles. The summed E-state index contributed by atoms with van der Waals surface area (Å²) in [6.45, 7) is 3.72. The van der Waals surface area contributed by atoms with Crippen molar-refractivity contribution in [1.29, 1.82) is 0 Å². The number of ether oxygens (including phenoxy) is 1. The summed E-state index contributed by atoms with van der Waals surface area (Å²) in [5.41, 5.74) is 0.352. The van der Waals surface area contributed by atoms with Crippen molar-refractivity contribution in [2.75, 3.05) is 7.11 Å². The van der Waals surface area contributed by atoms with E-state index in [9.17, 15) is 19.8 Å². The number of carbonyl (C=O) groups excluding carboxylic acids is 1. The molecule has 0 aliphatic heterocycles. The Morgan fingerprint density at radius 1 is 1.29 bits per heavy atom.